The van der Waals surface area contributed by atoms with Crippen LogP contribution in [0.5, 0.6) is 0 Å². The van der Waals surface area contributed by atoms with Crippen molar-refractivity contribution >= 4 is 0 Å². The number of ether oxygens (including phenoxy) is 2. The van der Waals surface area contributed by atoms with Gasteiger partial charge in [0.1, 0.15) is 0 Å². The zero-order valence-electron chi connectivity index (χ0n) is 7.74. The Morgan fingerprint density at radius 2 is 1.54 bits per heavy atom. The molecule has 3 fully saturated rings. The maximum atomic E-state index is 9.62. The molecule has 2 aliphatic carbocycles. The van der Waals surface area contributed by atoms with Crippen LogP contribution in [-0.4, -0.2) is 30.2 Å². The van der Waals surface area contributed by atoms with E-state index in [9.17, 15) is 5.11 Å². The summed E-state index contributed by atoms with van der Waals surface area (Å²) in [7, 11) is 0. The van der Waals surface area contributed by atoms with Crippen LogP contribution in [0.2, 0.25) is 0 Å². The Labute approximate surface area is 78.0 Å². The third-order valence-corrected chi connectivity index (χ3v) is 3.85. The van der Waals surface area contributed by atoms with E-state index in [-0.39, 0.29) is 11.9 Å². The quantitative estimate of drug-likeness (QED) is 0.608. The van der Waals surface area contributed by atoms with E-state index in [2.05, 4.69) is 0 Å². The van der Waals surface area contributed by atoms with Gasteiger partial charge in [0.05, 0.1) is 19.3 Å². The lowest BCUT2D eigenvalue weighted by molar-refractivity contribution is -0.233. The lowest BCUT2D eigenvalue weighted by Gasteiger charge is -2.40. The summed E-state index contributed by atoms with van der Waals surface area (Å²) in [6.07, 6.45) is 3.96. The molecule has 2 atom stereocenters. The van der Waals surface area contributed by atoms with E-state index in [1.54, 1.807) is 0 Å². The summed E-state index contributed by atoms with van der Waals surface area (Å²) in [4.78, 5) is 0. The first-order chi connectivity index (χ1) is 6.31. The zero-order chi connectivity index (χ0) is 8.89. The highest BCUT2D eigenvalue weighted by Crippen LogP contribution is 2.53. The normalized spacial score (nSPS) is 47.3. The molecule has 2 saturated carbocycles. The zero-order valence-corrected chi connectivity index (χ0v) is 7.74. The summed E-state index contributed by atoms with van der Waals surface area (Å²) in [5.41, 5.74) is 0. The van der Waals surface area contributed by atoms with Crippen LogP contribution in [0.1, 0.15) is 25.7 Å². The van der Waals surface area contributed by atoms with Gasteiger partial charge >= 0.3 is 0 Å². The lowest BCUT2D eigenvalue weighted by atomic mass is 9.81. The molecule has 2 bridgehead atoms. The smallest absolute Gasteiger partial charge is 0.174 e. The van der Waals surface area contributed by atoms with Crippen LogP contribution in [0.15, 0.2) is 0 Å². The molecule has 1 heterocycles. The van der Waals surface area contributed by atoms with Gasteiger partial charge in [-0.3, -0.25) is 0 Å². The van der Waals surface area contributed by atoms with E-state index < -0.39 is 0 Å². The predicted molar refractivity (Wildman–Crippen MR) is 46.1 cm³/mol. The molecule has 1 aliphatic heterocycles. The summed E-state index contributed by atoms with van der Waals surface area (Å²) < 4.78 is 11.6. The summed E-state index contributed by atoms with van der Waals surface area (Å²) >= 11 is 0. The van der Waals surface area contributed by atoms with Crippen LogP contribution >= 0.6 is 0 Å². The second kappa shape index (κ2) is 2.69. The molecule has 1 saturated heterocycles. The molecule has 74 valence electrons. The van der Waals surface area contributed by atoms with Gasteiger partial charge in [0, 0.05) is 11.8 Å². The van der Waals surface area contributed by atoms with Crippen molar-refractivity contribution in [3.63, 3.8) is 0 Å². The molecule has 1 spiro atoms. The molecule has 2 unspecified atom stereocenters. The fraction of sp³-hybridized carbons (Fsp3) is 1.00. The molecule has 0 aromatic carbocycles. The average molecular weight is 184 g/mol. The topological polar surface area (TPSA) is 38.7 Å². The molecular weight excluding hydrogens is 168 g/mol. The Kier molecular flexibility index (Phi) is 1.70. The number of rotatable bonds is 0. The molecule has 0 aromatic rings. The van der Waals surface area contributed by atoms with Gasteiger partial charge in [-0.25, -0.2) is 0 Å². The highest BCUT2D eigenvalue weighted by molar-refractivity contribution is 5.00. The molecule has 3 heteroatoms. The maximum Gasteiger partial charge on any atom is 0.174 e. The number of aliphatic hydroxyl groups is 1. The van der Waals surface area contributed by atoms with Crippen molar-refractivity contribution in [1.29, 1.82) is 0 Å². The second-order valence-electron chi connectivity index (χ2n) is 4.51. The molecule has 0 amide bonds. The molecule has 0 aromatic heterocycles. The van der Waals surface area contributed by atoms with Crippen molar-refractivity contribution in [3.05, 3.63) is 0 Å². The van der Waals surface area contributed by atoms with Crippen molar-refractivity contribution in [3.8, 4) is 0 Å². The highest BCUT2D eigenvalue weighted by Gasteiger charge is 2.57. The number of hydrogen-bond donors (Lipinski definition) is 1. The molecule has 0 radical (unpaired) electrons. The predicted octanol–water partition coefficient (Wildman–Crippen LogP) is 0.910. The largest absolute Gasteiger partial charge is 0.393 e. The van der Waals surface area contributed by atoms with Gasteiger partial charge in [0.2, 0.25) is 0 Å². The Morgan fingerprint density at radius 3 is 2.08 bits per heavy atom. The molecular formula is C10H16O3. The van der Waals surface area contributed by atoms with Gasteiger partial charge in [0.15, 0.2) is 5.79 Å². The van der Waals surface area contributed by atoms with Crippen LogP contribution in [0.25, 0.3) is 0 Å². The van der Waals surface area contributed by atoms with E-state index in [1.807, 2.05) is 0 Å². The van der Waals surface area contributed by atoms with Gasteiger partial charge in [-0.15, -0.1) is 0 Å². The second-order valence-corrected chi connectivity index (χ2v) is 4.51. The maximum absolute atomic E-state index is 9.62. The number of hydrogen-bond acceptors (Lipinski definition) is 3. The van der Waals surface area contributed by atoms with Gasteiger partial charge in [-0.1, -0.05) is 0 Å². The van der Waals surface area contributed by atoms with Crippen molar-refractivity contribution in [1.82, 2.24) is 0 Å². The van der Waals surface area contributed by atoms with E-state index in [1.165, 1.54) is 12.8 Å². The first kappa shape index (κ1) is 8.21. The van der Waals surface area contributed by atoms with Gasteiger partial charge in [-0.05, 0) is 25.7 Å². The molecule has 13 heavy (non-hydrogen) atoms. The van der Waals surface area contributed by atoms with Crippen molar-refractivity contribution in [2.75, 3.05) is 13.2 Å². The summed E-state index contributed by atoms with van der Waals surface area (Å²) in [5.74, 6) is 0.617. The number of aliphatic hydroxyl groups excluding tert-OH is 1. The van der Waals surface area contributed by atoms with Crippen molar-refractivity contribution in [2.24, 2.45) is 11.8 Å². The minimum absolute atomic E-state index is 0.115. The van der Waals surface area contributed by atoms with Crippen LogP contribution < -0.4 is 0 Å². The molecule has 3 aliphatic rings. The minimum Gasteiger partial charge on any atom is -0.393 e. The fourth-order valence-corrected chi connectivity index (χ4v) is 3.37. The van der Waals surface area contributed by atoms with E-state index in [0.29, 0.717) is 11.8 Å². The lowest BCUT2D eigenvalue weighted by Crippen LogP contribution is -2.47. The minimum atomic E-state index is -0.279. The van der Waals surface area contributed by atoms with E-state index in [0.717, 1.165) is 26.1 Å². The summed E-state index contributed by atoms with van der Waals surface area (Å²) in [5, 5.41) is 9.62. The molecule has 3 nitrogen and oxygen atoms in total. The third kappa shape index (κ3) is 1.01. The van der Waals surface area contributed by atoms with Crippen LogP contribution in [0.4, 0.5) is 0 Å². The van der Waals surface area contributed by atoms with Crippen molar-refractivity contribution < 1.29 is 14.6 Å². The summed E-state index contributed by atoms with van der Waals surface area (Å²) in [6.45, 7) is 1.48. The monoisotopic (exact) mass is 184 g/mol. The van der Waals surface area contributed by atoms with Crippen molar-refractivity contribution in [2.45, 2.75) is 37.6 Å². The van der Waals surface area contributed by atoms with E-state index in [4.69, 9.17) is 9.47 Å². The Morgan fingerprint density at radius 1 is 1.00 bits per heavy atom. The van der Waals surface area contributed by atoms with E-state index >= 15 is 0 Å². The summed E-state index contributed by atoms with van der Waals surface area (Å²) in [6, 6.07) is 0. The Balaban J connectivity index is 1.89. The Hall–Kier alpha value is -0.120. The van der Waals surface area contributed by atoms with Crippen LogP contribution in [0.3, 0.4) is 0 Å². The Bertz CT molecular complexity index is 194. The SMILES string of the molecule is OC1CC2CCC(C1)C21OCCO1. The highest BCUT2D eigenvalue weighted by atomic mass is 16.7. The standard InChI is InChI=1S/C10H16O3/c11-9-5-7-1-2-8(6-9)10(7)12-3-4-13-10/h7-9,11H,1-6H2. The third-order valence-electron chi connectivity index (χ3n) is 3.85. The van der Waals surface area contributed by atoms with Gasteiger partial charge in [0.25, 0.3) is 0 Å². The first-order valence-corrected chi connectivity index (χ1v) is 5.27. The first-order valence-electron chi connectivity index (χ1n) is 5.27. The van der Waals surface area contributed by atoms with Gasteiger partial charge in [-0.2, -0.15) is 0 Å². The fourth-order valence-electron chi connectivity index (χ4n) is 3.37. The average Bonchev–Trinajstić information content (AvgIpc) is 2.63. The molecule has 3 rings (SSSR count). The van der Waals surface area contributed by atoms with Crippen LogP contribution in [0, 0.1) is 11.8 Å². The van der Waals surface area contributed by atoms with Crippen LogP contribution in [-0.2, 0) is 9.47 Å². The molecule has 1 N–H and O–H groups in total. The van der Waals surface area contributed by atoms with Gasteiger partial charge < -0.3 is 14.6 Å².